The maximum Gasteiger partial charge on any atom is 0.336 e. The molecule has 0 spiro atoms. The van der Waals surface area contributed by atoms with Crippen LogP contribution in [-0.2, 0) is 9.53 Å². The van der Waals surface area contributed by atoms with Gasteiger partial charge in [0.15, 0.2) is 6.10 Å². The summed E-state index contributed by atoms with van der Waals surface area (Å²) in [5, 5.41) is 0.540. The van der Waals surface area contributed by atoms with Crippen LogP contribution >= 0.6 is 11.6 Å². The first-order chi connectivity index (χ1) is 7.74. The maximum absolute atomic E-state index is 11.6. The molecule has 0 amide bonds. The molecule has 16 heavy (non-hydrogen) atoms. The van der Waals surface area contributed by atoms with Gasteiger partial charge in [0.2, 0.25) is 0 Å². The van der Waals surface area contributed by atoms with Gasteiger partial charge in [-0.15, -0.1) is 0 Å². The summed E-state index contributed by atoms with van der Waals surface area (Å²) in [4.78, 5) is 11.6. The Hall–Kier alpha value is -1.28. The molecule has 0 unspecified atom stereocenters. The second-order valence-corrected chi connectivity index (χ2v) is 4.18. The molecule has 0 aromatic heterocycles. The first kappa shape index (κ1) is 11.2. The minimum Gasteiger partial charge on any atom is -0.448 e. The molecule has 0 N–H and O–H groups in total. The Kier molecular flexibility index (Phi) is 3.30. The summed E-state index contributed by atoms with van der Waals surface area (Å²) < 4.78 is 5.28. The molecule has 0 fully saturated rings. The molecule has 2 rings (SSSR count). The zero-order valence-electron chi connectivity index (χ0n) is 9.07. The molecular formula is C13H13ClO2. The number of hydrogen-bond donors (Lipinski definition) is 0. The zero-order chi connectivity index (χ0) is 11.5. The molecule has 1 heterocycles. The van der Waals surface area contributed by atoms with Crippen molar-refractivity contribution >= 4 is 17.6 Å². The van der Waals surface area contributed by atoms with E-state index in [-0.39, 0.29) is 5.97 Å². The van der Waals surface area contributed by atoms with Crippen LogP contribution in [-0.4, -0.2) is 5.97 Å². The number of carbonyl (C=O) groups is 1. The summed E-state index contributed by atoms with van der Waals surface area (Å²) in [5.41, 5.74) is 1.55. The number of rotatable bonds is 3. The number of benzene rings is 1. The van der Waals surface area contributed by atoms with Gasteiger partial charge in [-0.3, -0.25) is 0 Å². The summed E-state index contributed by atoms with van der Waals surface area (Å²) >= 11 is 6.19. The third kappa shape index (κ3) is 1.98. The minimum absolute atomic E-state index is 0.277. The molecule has 1 atom stereocenters. The van der Waals surface area contributed by atoms with Gasteiger partial charge < -0.3 is 4.74 Å². The van der Waals surface area contributed by atoms with Gasteiger partial charge in [0.25, 0.3) is 0 Å². The van der Waals surface area contributed by atoms with Crippen molar-refractivity contribution in [3.63, 3.8) is 0 Å². The van der Waals surface area contributed by atoms with Gasteiger partial charge in [-0.05, 0) is 12.0 Å². The number of esters is 1. The first-order valence-corrected chi connectivity index (χ1v) is 5.76. The zero-order valence-corrected chi connectivity index (χ0v) is 9.83. The van der Waals surface area contributed by atoms with E-state index in [0.29, 0.717) is 17.0 Å². The first-order valence-electron chi connectivity index (χ1n) is 5.38. The molecule has 1 aromatic rings. The van der Waals surface area contributed by atoms with Crippen molar-refractivity contribution < 1.29 is 9.53 Å². The van der Waals surface area contributed by atoms with Gasteiger partial charge in [-0.1, -0.05) is 55.3 Å². The van der Waals surface area contributed by atoms with Gasteiger partial charge >= 0.3 is 5.97 Å². The lowest BCUT2D eigenvalue weighted by atomic mass is 10.1. The molecule has 2 nitrogen and oxygen atoms in total. The van der Waals surface area contributed by atoms with Crippen LogP contribution in [0.25, 0.3) is 0 Å². The summed E-state index contributed by atoms with van der Waals surface area (Å²) in [5.74, 6) is -0.277. The van der Waals surface area contributed by atoms with Crippen molar-refractivity contribution in [2.24, 2.45) is 0 Å². The molecule has 84 valence electrons. The van der Waals surface area contributed by atoms with Crippen molar-refractivity contribution in [2.75, 3.05) is 0 Å². The highest BCUT2D eigenvalue weighted by molar-refractivity contribution is 6.33. The van der Waals surface area contributed by atoms with Crippen molar-refractivity contribution in [3.05, 3.63) is 46.5 Å². The van der Waals surface area contributed by atoms with Gasteiger partial charge in [0.1, 0.15) is 0 Å². The molecule has 3 heteroatoms. The lowest BCUT2D eigenvalue weighted by Crippen LogP contribution is -2.02. The third-order valence-electron chi connectivity index (χ3n) is 2.59. The van der Waals surface area contributed by atoms with E-state index in [1.165, 1.54) is 0 Å². The van der Waals surface area contributed by atoms with Crippen LogP contribution in [0.1, 0.15) is 31.4 Å². The van der Waals surface area contributed by atoms with Gasteiger partial charge in [0, 0.05) is 0 Å². The predicted molar refractivity (Wildman–Crippen MR) is 63.1 cm³/mol. The summed E-state index contributed by atoms with van der Waals surface area (Å²) in [6, 6.07) is 9.56. The molecular weight excluding hydrogens is 224 g/mol. The van der Waals surface area contributed by atoms with Crippen LogP contribution in [0.5, 0.6) is 0 Å². The second kappa shape index (κ2) is 4.71. The Balaban J connectivity index is 2.30. The van der Waals surface area contributed by atoms with E-state index in [9.17, 15) is 4.79 Å². The molecule has 1 aromatic carbocycles. The van der Waals surface area contributed by atoms with E-state index in [0.717, 1.165) is 12.0 Å². The van der Waals surface area contributed by atoms with Gasteiger partial charge in [-0.25, -0.2) is 4.79 Å². The van der Waals surface area contributed by atoms with Crippen LogP contribution in [0.2, 0.25) is 0 Å². The van der Waals surface area contributed by atoms with Crippen LogP contribution in [0.3, 0.4) is 0 Å². The summed E-state index contributed by atoms with van der Waals surface area (Å²) in [6.45, 7) is 2.01. The average Bonchev–Trinajstić information content (AvgIpc) is 2.59. The summed E-state index contributed by atoms with van der Waals surface area (Å²) in [6.07, 6.45) is 1.17. The SMILES string of the molecule is CCCC1=C(Cl)[C@@H](c2ccccc2)OC1=O. The largest absolute Gasteiger partial charge is 0.448 e. The molecule has 0 radical (unpaired) electrons. The Labute approximate surface area is 99.9 Å². The van der Waals surface area contributed by atoms with Crippen molar-refractivity contribution in [3.8, 4) is 0 Å². The monoisotopic (exact) mass is 236 g/mol. The standard InChI is InChI=1S/C13H13ClO2/c1-2-6-10-11(14)12(16-13(10)15)9-7-4-3-5-8-9/h3-5,7-8,12H,2,6H2,1H3/t12-/m1/s1. The van der Waals surface area contributed by atoms with Crippen molar-refractivity contribution in [1.82, 2.24) is 0 Å². The molecule has 1 aliphatic heterocycles. The highest BCUT2D eigenvalue weighted by Gasteiger charge is 2.33. The smallest absolute Gasteiger partial charge is 0.336 e. The van der Waals surface area contributed by atoms with Crippen molar-refractivity contribution in [1.29, 1.82) is 0 Å². The Bertz CT molecular complexity index is 423. The van der Waals surface area contributed by atoms with E-state index in [1.54, 1.807) is 0 Å². The highest BCUT2D eigenvalue weighted by atomic mass is 35.5. The topological polar surface area (TPSA) is 26.3 Å². The average molecular weight is 237 g/mol. The molecule has 0 bridgehead atoms. The van der Waals surface area contributed by atoms with Crippen LogP contribution in [0.4, 0.5) is 0 Å². The molecule has 0 saturated heterocycles. The molecule has 0 aliphatic carbocycles. The lowest BCUT2D eigenvalue weighted by molar-refractivity contribution is -0.140. The van der Waals surface area contributed by atoms with Crippen LogP contribution < -0.4 is 0 Å². The van der Waals surface area contributed by atoms with Gasteiger partial charge in [0.05, 0.1) is 10.6 Å². The van der Waals surface area contributed by atoms with E-state index < -0.39 is 6.10 Å². The number of cyclic esters (lactones) is 1. The lowest BCUT2D eigenvalue weighted by Gasteiger charge is -2.09. The molecule has 0 saturated carbocycles. The highest BCUT2D eigenvalue weighted by Crippen LogP contribution is 2.38. The number of halogens is 1. The second-order valence-electron chi connectivity index (χ2n) is 3.77. The Morgan fingerprint density at radius 2 is 2.00 bits per heavy atom. The van der Waals surface area contributed by atoms with Crippen molar-refractivity contribution in [2.45, 2.75) is 25.9 Å². The number of hydrogen-bond acceptors (Lipinski definition) is 2. The Morgan fingerprint density at radius 1 is 1.31 bits per heavy atom. The third-order valence-corrected chi connectivity index (χ3v) is 3.02. The predicted octanol–water partition coefficient (Wildman–Crippen LogP) is 3.58. The van der Waals surface area contributed by atoms with Gasteiger partial charge in [-0.2, -0.15) is 0 Å². The normalized spacial score (nSPS) is 20.1. The minimum atomic E-state index is -0.406. The van der Waals surface area contributed by atoms with Crippen LogP contribution in [0.15, 0.2) is 40.9 Å². The number of ether oxygens (including phenoxy) is 1. The Morgan fingerprint density at radius 3 is 2.62 bits per heavy atom. The fourth-order valence-electron chi connectivity index (χ4n) is 1.80. The fraction of sp³-hybridized carbons (Fsp3) is 0.308. The van der Waals surface area contributed by atoms with E-state index >= 15 is 0 Å². The van der Waals surface area contributed by atoms with E-state index in [1.807, 2.05) is 37.3 Å². The van der Waals surface area contributed by atoms with E-state index in [2.05, 4.69) is 0 Å². The fourth-order valence-corrected chi connectivity index (χ4v) is 2.14. The van der Waals surface area contributed by atoms with E-state index in [4.69, 9.17) is 16.3 Å². The summed E-state index contributed by atoms with van der Waals surface area (Å²) in [7, 11) is 0. The quantitative estimate of drug-likeness (QED) is 0.750. The van der Waals surface area contributed by atoms with Crippen LogP contribution in [0, 0.1) is 0 Å². The molecule has 1 aliphatic rings. The maximum atomic E-state index is 11.6. The number of carbonyl (C=O) groups excluding carboxylic acids is 1.